The van der Waals surface area contributed by atoms with Crippen LogP contribution in [0.1, 0.15) is 10.4 Å². The minimum absolute atomic E-state index is 0.178. The van der Waals surface area contributed by atoms with Crippen molar-refractivity contribution in [2.24, 2.45) is 7.05 Å². The molecule has 106 valence electrons. The Bertz CT molecular complexity index is 798. The summed E-state index contributed by atoms with van der Waals surface area (Å²) in [4.78, 5) is 24.7. The fourth-order valence-corrected chi connectivity index (χ4v) is 1.94. The van der Waals surface area contributed by atoms with Gasteiger partial charge in [-0.1, -0.05) is 18.2 Å². The Morgan fingerprint density at radius 2 is 2.00 bits per heavy atom. The molecule has 0 aliphatic rings. The normalized spacial score (nSPS) is 10.6. The number of hydrogen-bond donors (Lipinski definition) is 1. The van der Waals surface area contributed by atoms with Crippen LogP contribution < -0.4 is 10.1 Å². The molecule has 0 saturated carbocycles. The van der Waals surface area contributed by atoms with E-state index in [1.807, 2.05) is 13.1 Å². The number of anilines is 1. The van der Waals surface area contributed by atoms with Gasteiger partial charge in [-0.05, 0) is 12.1 Å². The number of nitrogens with zero attached hydrogens (tertiary/aromatic N) is 4. The maximum atomic E-state index is 12.1. The standard InChI is InChI=1S/C14H13N5O2/c1-19-8-15-10-11(19)16-14(18-13(10)21-2)17-12(20)9-6-4-3-5-7-9/h3-8H,1-2H3,(H,16,17,18,20). The molecule has 2 aromatic heterocycles. The molecule has 3 rings (SSSR count). The van der Waals surface area contributed by atoms with Crippen molar-refractivity contribution in [3.63, 3.8) is 0 Å². The lowest BCUT2D eigenvalue weighted by molar-refractivity contribution is 0.102. The molecule has 0 fully saturated rings. The van der Waals surface area contributed by atoms with E-state index < -0.39 is 0 Å². The number of rotatable bonds is 3. The summed E-state index contributed by atoms with van der Waals surface area (Å²) in [5, 5.41) is 2.66. The number of nitrogens with one attached hydrogen (secondary N) is 1. The van der Waals surface area contributed by atoms with E-state index >= 15 is 0 Å². The second kappa shape index (κ2) is 5.20. The van der Waals surface area contributed by atoms with Gasteiger partial charge >= 0.3 is 0 Å². The highest BCUT2D eigenvalue weighted by molar-refractivity contribution is 6.03. The van der Waals surface area contributed by atoms with Gasteiger partial charge in [0.15, 0.2) is 11.2 Å². The van der Waals surface area contributed by atoms with Crippen LogP contribution in [-0.4, -0.2) is 32.5 Å². The minimum atomic E-state index is -0.279. The van der Waals surface area contributed by atoms with Gasteiger partial charge in [0.25, 0.3) is 5.91 Å². The summed E-state index contributed by atoms with van der Waals surface area (Å²) in [6, 6.07) is 8.86. The highest BCUT2D eigenvalue weighted by Gasteiger charge is 2.14. The first-order chi connectivity index (χ1) is 10.2. The monoisotopic (exact) mass is 283 g/mol. The van der Waals surface area contributed by atoms with Gasteiger partial charge in [-0.2, -0.15) is 9.97 Å². The average Bonchev–Trinajstić information content (AvgIpc) is 2.89. The van der Waals surface area contributed by atoms with Crippen molar-refractivity contribution in [1.29, 1.82) is 0 Å². The average molecular weight is 283 g/mol. The molecule has 0 aliphatic carbocycles. The van der Waals surface area contributed by atoms with Gasteiger partial charge in [-0.25, -0.2) is 4.98 Å². The Labute approximate surface area is 120 Å². The number of ether oxygens (including phenoxy) is 1. The Morgan fingerprint density at radius 1 is 1.24 bits per heavy atom. The molecule has 0 radical (unpaired) electrons. The molecular weight excluding hydrogens is 270 g/mol. The van der Waals surface area contributed by atoms with Crippen LogP contribution in [0.3, 0.4) is 0 Å². The molecule has 1 amide bonds. The van der Waals surface area contributed by atoms with E-state index in [-0.39, 0.29) is 11.9 Å². The second-order valence-corrected chi connectivity index (χ2v) is 4.40. The molecular formula is C14H13N5O2. The van der Waals surface area contributed by atoms with E-state index in [1.165, 1.54) is 7.11 Å². The maximum Gasteiger partial charge on any atom is 0.258 e. The number of carbonyl (C=O) groups excluding carboxylic acids is 1. The molecule has 0 aliphatic heterocycles. The van der Waals surface area contributed by atoms with Gasteiger partial charge in [-0.3, -0.25) is 10.1 Å². The third-order valence-electron chi connectivity index (χ3n) is 2.98. The molecule has 0 bridgehead atoms. The van der Waals surface area contributed by atoms with Crippen molar-refractivity contribution >= 4 is 23.0 Å². The number of imidazole rings is 1. The quantitative estimate of drug-likeness (QED) is 0.790. The number of amides is 1. The highest BCUT2D eigenvalue weighted by Crippen LogP contribution is 2.21. The van der Waals surface area contributed by atoms with Crippen molar-refractivity contribution in [3.05, 3.63) is 42.2 Å². The topological polar surface area (TPSA) is 81.9 Å². The van der Waals surface area contributed by atoms with E-state index in [0.717, 1.165) is 0 Å². The summed E-state index contributed by atoms with van der Waals surface area (Å²) in [6.07, 6.45) is 1.62. The maximum absolute atomic E-state index is 12.1. The zero-order valence-corrected chi connectivity index (χ0v) is 11.6. The van der Waals surface area contributed by atoms with Crippen LogP contribution in [0.25, 0.3) is 11.2 Å². The summed E-state index contributed by atoms with van der Waals surface area (Å²) >= 11 is 0. The number of benzene rings is 1. The molecule has 2 heterocycles. The molecule has 0 atom stereocenters. The lowest BCUT2D eigenvalue weighted by Crippen LogP contribution is -2.14. The number of aromatic nitrogens is 4. The molecule has 1 N–H and O–H groups in total. The van der Waals surface area contributed by atoms with Crippen molar-refractivity contribution in [2.45, 2.75) is 0 Å². The van der Waals surface area contributed by atoms with Crippen LogP contribution in [0.4, 0.5) is 5.95 Å². The first kappa shape index (κ1) is 13.0. The summed E-state index contributed by atoms with van der Waals surface area (Å²) in [5.74, 6) is 0.222. The third kappa shape index (κ3) is 2.40. The molecule has 0 saturated heterocycles. The van der Waals surface area contributed by atoms with Gasteiger partial charge in [0.1, 0.15) is 0 Å². The van der Waals surface area contributed by atoms with Crippen LogP contribution in [0.15, 0.2) is 36.7 Å². The summed E-state index contributed by atoms with van der Waals surface area (Å²) in [6.45, 7) is 0. The van der Waals surface area contributed by atoms with E-state index in [9.17, 15) is 4.79 Å². The third-order valence-corrected chi connectivity index (χ3v) is 2.98. The number of carbonyl (C=O) groups is 1. The number of methoxy groups -OCH3 is 1. The molecule has 7 nitrogen and oxygen atoms in total. The number of hydrogen-bond acceptors (Lipinski definition) is 5. The van der Waals surface area contributed by atoms with E-state index in [4.69, 9.17) is 4.74 Å². The predicted molar refractivity (Wildman–Crippen MR) is 77.3 cm³/mol. The molecule has 7 heteroatoms. The fraction of sp³-hybridized carbons (Fsp3) is 0.143. The van der Waals surface area contributed by atoms with Crippen molar-refractivity contribution in [3.8, 4) is 5.88 Å². The summed E-state index contributed by atoms with van der Waals surface area (Å²) in [5.41, 5.74) is 1.67. The fourth-order valence-electron chi connectivity index (χ4n) is 1.94. The van der Waals surface area contributed by atoms with Crippen LogP contribution in [0, 0.1) is 0 Å². The molecule has 0 spiro atoms. The van der Waals surface area contributed by atoms with Crippen molar-refractivity contribution < 1.29 is 9.53 Å². The molecule has 21 heavy (non-hydrogen) atoms. The van der Waals surface area contributed by atoms with Crippen LogP contribution in [0.5, 0.6) is 5.88 Å². The number of aryl methyl sites for hydroxylation is 1. The largest absolute Gasteiger partial charge is 0.479 e. The van der Waals surface area contributed by atoms with Crippen LogP contribution in [0.2, 0.25) is 0 Å². The highest BCUT2D eigenvalue weighted by atomic mass is 16.5. The molecule has 1 aromatic carbocycles. The Morgan fingerprint density at radius 3 is 2.71 bits per heavy atom. The molecule has 3 aromatic rings. The Balaban J connectivity index is 1.97. The lowest BCUT2D eigenvalue weighted by Gasteiger charge is -2.06. The smallest absolute Gasteiger partial charge is 0.258 e. The second-order valence-electron chi connectivity index (χ2n) is 4.40. The summed E-state index contributed by atoms with van der Waals surface area (Å²) in [7, 11) is 3.31. The zero-order valence-electron chi connectivity index (χ0n) is 11.6. The lowest BCUT2D eigenvalue weighted by atomic mass is 10.2. The van der Waals surface area contributed by atoms with Gasteiger partial charge in [0.05, 0.1) is 13.4 Å². The van der Waals surface area contributed by atoms with Gasteiger partial charge in [0.2, 0.25) is 11.8 Å². The van der Waals surface area contributed by atoms with Crippen molar-refractivity contribution in [2.75, 3.05) is 12.4 Å². The zero-order chi connectivity index (χ0) is 14.8. The minimum Gasteiger partial charge on any atom is -0.479 e. The van der Waals surface area contributed by atoms with Crippen LogP contribution in [-0.2, 0) is 7.05 Å². The van der Waals surface area contributed by atoms with E-state index in [2.05, 4.69) is 20.3 Å². The SMILES string of the molecule is COc1nc(NC(=O)c2ccccc2)nc2c1ncn2C. The van der Waals surface area contributed by atoms with Gasteiger partial charge in [-0.15, -0.1) is 0 Å². The van der Waals surface area contributed by atoms with Crippen molar-refractivity contribution in [1.82, 2.24) is 19.5 Å². The van der Waals surface area contributed by atoms with E-state index in [0.29, 0.717) is 22.6 Å². The Hall–Kier alpha value is -2.96. The summed E-state index contributed by atoms with van der Waals surface area (Å²) < 4.78 is 6.92. The van der Waals surface area contributed by atoms with Gasteiger partial charge < -0.3 is 9.30 Å². The number of fused-ring (bicyclic) bond motifs is 1. The Kier molecular flexibility index (Phi) is 3.23. The first-order valence-corrected chi connectivity index (χ1v) is 6.28. The van der Waals surface area contributed by atoms with Crippen LogP contribution >= 0.6 is 0 Å². The molecule has 0 unspecified atom stereocenters. The predicted octanol–water partition coefficient (Wildman–Crippen LogP) is 1.62. The first-order valence-electron chi connectivity index (χ1n) is 6.28. The van der Waals surface area contributed by atoms with E-state index in [1.54, 1.807) is 35.2 Å². The van der Waals surface area contributed by atoms with Gasteiger partial charge in [0, 0.05) is 12.6 Å².